The van der Waals surface area contributed by atoms with Crippen molar-refractivity contribution in [2.75, 3.05) is 5.75 Å². The summed E-state index contributed by atoms with van der Waals surface area (Å²) < 4.78 is 0. The van der Waals surface area contributed by atoms with Crippen LogP contribution in [0.2, 0.25) is 0 Å². The maximum Gasteiger partial charge on any atom is 0.225 e. The summed E-state index contributed by atoms with van der Waals surface area (Å²) in [5.41, 5.74) is 1.30. The van der Waals surface area contributed by atoms with Gasteiger partial charge in [-0.15, -0.1) is 11.8 Å². The first-order valence-electron chi connectivity index (χ1n) is 7.59. The van der Waals surface area contributed by atoms with E-state index in [1.165, 1.54) is 23.3 Å². The Balaban J connectivity index is 1.48. The summed E-state index contributed by atoms with van der Waals surface area (Å²) in [6, 6.07) is 9.69. The van der Waals surface area contributed by atoms with E-state index in [0.717, 1.165) is 18.6 Å². The molecule has 2 fully saturated rings. The van der Waals surface area contributed by atoms with Crippen LogP contribution in [0.25, 0.3) is 0 Å². The van der Waals surface area contributed by atoms with Crippen LogP contribution in [0.3, 0.4) is 0 Å². The van der Waals surface area contributed by atoms with Crippen LogP contribution in [-0.4, -0.2) is 23.7 Å². The average molecular weight is 288 g/mol. The van der Waals surface area contributed by atoms with Crippen molar-refractivity contribution in [2.45, 2.75) is 48.7 Å². The Morgan fingerprint density at radius 3 is 2.95 bits per heavy atom. The van der Waals surface area contributed by atoms with Crippen LogP contribution in [0.15, 0.2) is 29.2 Å². The molecular formula is C16H20N2OS. The van der Waals surface area contributed by atoms with Gasteiger partial charge >= 0.3 is 0 Å². The molecular weight excluding hydrogens is 268 g/mol. The van der Waals surface area contributed by atoms with Crippen molar-refractivity contribution < 1.29 is 4.79 Å². The molecule has 0 spiro atoms. The first-order valence-corrected chi connectivity index (χ1v) is 8.58. The fourth-order valence-corrected chi connectivity index (χ4v) is 5.01. The molecule has 2 bridgehead atoms. The minimum Gasteiger partial charge on any atom is -0.349 e. The van der Waals surface area contributed by atoms with Crippen LogP contribution < -0.4 is 10.6 Å². The summed E-state index contributed by atoms with van der Waals surface area (Å²) in [5.74, 6) is 1.55. The number of benzene rings is 1. The second kappa shape index (κ2) is 5.08. The van der Waals surface area contributed by atoms with Crippen LogP contribution in [0, 0.1) is 5.92 Å². The maximum absolute atomic E-state index is 12.6. The standard InChI is InChI=1S/C16H20N2OS/c19-16(12-9-10-5-6-13(12)17-10)18-14-7-8-20-15-4-2-1-3-11(14)15/h1-4,10,12-14,17H,5-9H2,(H,18,19). The van der Waals surface area contributed by atoms with E-state index in [-0.39, 0.29) is 17.9 Å². The number of fused-ring (bicyclic) bond motifs is 3. The molecule has 4 atom stereocenters. The number of amides is 1. The van der Waals surface area contributed by atoms with Crippen molar-refractivity contribution in [2.24, 2.45) is 5.92 Å². The fourth-order valence-electron chi connectivity index (χ4n) is 3.88. The van der Waals surface area contributed by atoms with Crippen LogP contribution in [0.1, 0.15) is 37.3 Å². The first kappa shape index (κ1) is 12.7. The molecule has 4 heteroatoms. The van der Waals surface area contributed by atoms with Gasteiger partial charge in [-0.05, 0) is 37.3 Å². The number of hydrogen-bond acceptors (Lipinski definition) is 3. The topological polar surface area (TPSA) is 41.1 Å². The van der Waals surface area contributed by atoms with Gasteiger partial charge in [-0.25, -0.2) is 0 Å². The molecule has 4 rings (SSSR count). The van der Waals surface area contributed by atoms with Gasteiger partial charge in [0.25, 0.3) is 0 Å². The molecule has 0 aliphatic carbocycles. The van der Waals surface area contributed by atoms with E-state index in [1.807, 2.05) is 11.8 Å². The molecule has 0 aromatic heterocycles. The quantitative estimate of drug-likeness (QED) is 0.878. The van der Waals surface area contributed by atoms with Gasteiger partial charge < -0.3 is 10.6 Å². The van der Waals surface area contributed by atoms with E-state index in [4.69, 9.17) is 0 Å². The van der Waals surface area contributed by atoms with Gasteiger partial charge in [0.1, 0.15) is 0 Å². The van der Waals surface area contributed by atoms with Crippen LogP contribution in [-0.2, 0) is 4.79 Å². The highest BCUT2D eigenvalue weighted by Gasteiger charge is 2.43. The Hall–Kier alpha value is -1.00. The molecule has 3 heterocycles. The molecule has 4 unspecified atom stereocenters. The molecule has 2 saturated heterocycles. The Kier molecular flexibility index (Phi) is 3.23. The second-order valence-corrected chi connectivity index (χ2v) is 7.26. The smallest absolute Gasteiger partial charge is 0.225 e. The van der Waals surface area contributed by atoms with Crippen LogP contribution in [0.4, 0.5) is 0 Å². The summed E-state index contributed by atoms with van der Waals surface area (Å²) in [6.45, 7) is 0. The van der Waals surface area contributed by atoms with Gasteiger partial charge in [0.15, 0.2) is 0 Å². The lowest BCUT2D eigenvalue weighted by atomic mass is 9.88. The van der Waals surface area contributed by atoms with E-state index in [0.29, 0.717) is 12.1 Å². The highest BCUT2D eigenvalue weighted by Crippen LogP contribution is 2.37. The molecule has 3 aliphatic rings. The van der Waals surface area contributed by atoms with E-state index >= 15 is 0 Å². The van der Waals surface area contributed by atoms with Gasteiger partial charge in [0.05, 0.1) is 12.0 Å². The normalized spacial score (nSPS) is 34.8. The average Bonchev–Trinajstić information content (AvgIpc) is 3.10. The molecule has 0 saturated carbocycles. The van der Waals surface area contributed by atoms with Crippen molar-refractivity contribution in [3.8, 4) is 0 Å². The zero-order valence-corrected chi connectivity index (χ0v) is 12.3. The monoisotopic (exact) mass is 288 g/mol. The lowest BCUT2D eigenvalue weighted by Gasteiger charge is -2.28. The Bertz CT molecular complexity index is 533. The molecule has 1 aromatic rings. The summed E-state index contributed by atoms with van der Waals surface area (Å²) >= 11 is 1.90. The molecule has 2 N–H and O–H groups in total. The Morgan fingerprint density at radius 2 is 2.15 bits per heavy atom. The van der Waals surface area contributed by atoms with Crippen LogP contribution in [0.5, 0.6) is 0 Å². The Morgan fingerprint density at radius 1 is 1.25 bits per heavy atom. The lowest BCUT2D eigenvalue weighted by Crippen LogP contribution is -2.40. The second-order valence-electron chi connectivity index (χ2n) is 6.13. The molecule has 3 nitrogen and oxygen atoms in total. The van der Waals surface area contributed by atoms with Crippen molar-refractivity contribution in [3.05, 3.63) is 29.8 Å². The first-order chi connectivity index (χ1) is 9.81. The summed E-state index contributed by atoms with van der Waals surface area (Å²) in [5, 5.41) is 6.86. The zero-order chi connectivity index (χ0) is 13.5. The molecule has 0 radical (unpaired) electrons. The number of nitrogens with one attached hydrogen (secondary N) is 2. The minimum atomic E-state index is 0.190. The largest absolute Gasteiger partial charge is 0.349 e. The third-order valence-electron chi connectivity index (χ3n) is 4.91. The van der Waals surface area contributed by atoms with Gasteiger partial charge in [0, 0.05) is 22.7 Å². The maximum atomic E-state index is 12.6. The molecule has 20 heavy (non-hydrogen) atoms. The van der Waals surface area contributed by atoms with E-state index in [2.05, 4.69) is 34.9 Å². The highest BCUT2D eigenvalue weighted by atomic mass is 32.2. The van der Waals surface area contributed by atoms with Gasteiger partial charge in [-0.2, -0.15) is 0 Å². The third-order valence-corrected chi connectivity index (χ3v) is 6.03. The van der Waals surface area contributed by atoms with Gasteiger partial charge in [-0.1, -0.05) is 18.2 Å². The highest BCUT2D eigenvalue weighted by molar-refractivity contribution is 7.99. The SMILES string of the molecule is O=C(NC1CCSc2ccccc21)C1CC2CCC1N2. The third kappa shape index (κ3) is 2.15. The van der Waals surface area contributed by atoms with Crippen molar-refractivity contribution in [3.63, 3.8) is 0 Å². The number of rotatable bonds is 2. The molecule has 106 valence electrons. The molecule has 1 aromatic carbocycles. The lowest BCUT2D eigenvalue weighted by molar-refractivity contribution is -0.126. The van der Waals surface area contributed by atoms with Crippen molar-refractivity contribution >= 4 is 17.7 Å². The minimum absolute atomic E-state index is 0.190. The summed E-state index contributed by atoms with van der Waals surface area (Å²) in [6.07, 6.45) is 4.48. The van der Waals surface area contributed by atoms with Crippen molar-refractivity contribution in [1.29, 1.82) is 0 Å². The van der Waals surface area contributed by atoms with E-state index in [9.17, 15) is 4.79 Å². The Labute approximate surface area is 123 Å². The number of carbonyl (C=O) groups excluding carboxylic acids is 1. The zero-order valence-electron chi connectivity index (χ0n) is 11.5. The molecule has 3 aliphatic heterocycles. The van der Waals surface area contributed by atoms with Crippen LogP contribution >= 0.6 is 11.8 Å². The number of carbonyl (C=O) groups is 1. The predicted octanol–water partition coefficient (Wildman–Crippen LogP) is 2.48. The van der Waals surface area contributed by atoms with Gasteiger partial charge in [-0.3, -0.25) is 4.79 Å². The fraction of sp³-hybridized carbons (Fsp3) is 0.562. The van der Waals surface area contributed by atoms with E-state index in [1.54, 1.807) is 0 Å². The van der Waals surface area contributed by atoms with E-state index < -0.39 is 0 Å². The molecule has 1 amide bonds. The summed E-state index contributed by atoms with van der Waals surface area (Å²) in [4.78, 5) is 13.9. The predicted molar refractivity (Wildman–Crippen MR) is 80.7 cm³/mol. The van der Waals surface area contributed by atoms with Crippen molar-refractivity contribution in [1.82, 2.24) is 10.6 Å². The number of hydrogen-bond donors (Lipinski definition) is 2. The number of thioether (sulfide) groups is 1. The van der Waals surface area contributed by atoms with Gasteiger partial charge in [0.2, 0.25) is 5.91 Å². The summed E-state index contributed by atoms with van der Waals surface area (Å²) in [7, 11) is 0.